The van der Waals surface area contributed by atoms with Gasteiger partial charge in [-0.2, -0.15) is 0 Å². The van der Waals surface area contributed by atoms with Crippen molar-refractivity contribution in [3.8, 4) is 0 Å². The number of benzene rings is 1. The maximum Gasteiger partial charge on any atom is 0.233 e. The minimum absolute atomic E-state index is 0.00560. The quantitative estimate of drug-likeness (QED) is 0.789. The van der Waals surface area contributed by atoms with Gasteiger partial charge in [-0.05, 0) is 19.9 Å². The number of nitrogens with zero attached hydrogens (tertiary/aromatic N) is 2. The Balaban J connectivity index is 2.12. The van der Waals surface area contributed by atoms with E-state index >= 15 is 0 Å². The fraction of sp³-hybridized carbons (Fsp3) is 0.556. The Kier molecular flexibility index (Phi) is 6.27. The standard InChI is InChI=1S/C18H25FN2O2S/c1-12(2)17(23)20(13(3)4)9-10-21-16(22)11-24-18(21)14-7-5-6-8-15(14)19/h5-8,12-13,18H,9-11H2,1-4H3/t18-/m0/s1. The van der Waals surface area contributed by atoms with E-state index in [-0.39, 0.29) is 35.0 Å². The summed E-state index contributed by atoms with van der Waals surface area (Å²) < 4.78 is 14.1. The molecule has 1 aromatic rings. The average Bonchev–Trinajstić information content (AvgIpc) is 2.88. The highest BCUT2D eigenvalue weighted by molar-refractivity contribution is 8.00. The highest BCUT2D eigenvalue weighted by atomic mass is 32.2. The van der Waals surface area contributed by atoms with Gasteiger partial charge in [-0.1, -0.05) is 32.0 Å². The lowest BCUT2D eigenvalue weighted by Crippen LogP contribution is -2.45. The van der Waals surface area contributed by atoms with E-state index in [0.29, 0.717) is 24.4 Å². The molecule has 0 saturated carbocycles. The first-order valence-corrected chi connectivity index (χ1v) is 9.33. The molecule has 1 atom stereocenters. The zero-order valence-corrected chi connectivity index (χ0v) is 15.5. The monoisotopic (exact) mass is 352 g/mol. The highest BCUT2D eigenvalue weighted by Crippen LogP contribution is 2.39. The Morgan fingerprint density at radius 2 is 2.00 bits per heavy atom. The van der Waals surface area contributed by atoms with Crippen molar-refractivity contribution in [1.82, 2.24) is 9.80 Å². The van der Waals surface area contributed by atoms with Gasteiger partial charge in [0.15, 0.2) is 0 Å². The lowest BCUT2D eigenvalue weighted by atomic mass is 10.1. The minimum Gasteiger partial charge on any atom is -0.338 e. The molecule has 0 aliphatic carbocycles. The van der Waals surface area contributed by atoms with Crippen molar-refractivity contribution in [1.29, 1.82) is 0 Å². The van der Waals surface area contributed by atoms with Crippen molar-refractivity contribution in [2.45, 2.75) is 39.1 Å². The number of hydrogen-bond donors (Lipinski definition) is 0. The second-order valence-corrected chi connectivity index (χ2v) is 7.62. The number of carbonyl (C=O) groups is 2. The number of rotatable bonds is 6. The number of carbonyl (C=O) groups excluding carboxylic acids is 2. The van der Waals surface area contributed by atoms with Crippen LogP contribution in [0.1, 0.15) is 38.6 Å². The second kappa shape index (κ2) is 8.01. The fourth-order valence-electron chi connectivity index (χ4n) is 2.80. The van der Waals surface area contributed by atoms with Crippen LogP contribution in [0.15, 0.2) is 24.3 Å². The Hall–Kier alpha value is -1.56. The Morgan fingerprint density at radius 1 is 1.33 bits per heavy atom. The van der Waals surface area contributed by atoms with Crippen molar-refractivity contribution < 1.29 is 14.0 Å². The smallest absolute Gasteiger partial charge is 0.233 e. The van der Waals surface area contributed by atoms with Crippen LogP contribution in [-0.4, -0.2) is 46.5 Å². The van der Waals surface area contributed by atoms with Crippen molar-refractivity contribution in [2.24, 2.45) is 5.92 Å². The third kappa shape index (κ3) is 4.09. The molecule has 1 saturated heterocycles. The molecule has 0 spiro atoms. The molecular weight excluding hydrogens is 327 g/mol. The number of halogens is 1. The summed E-state index contributed by atoms with van der Waals surface area (Å²) in [5.41, 5.74) is 0.527. The molecule has 1 aliphatic heterocycles. The maximum atomic E-state index is 14.1. The average molecular weight is 352 g/mol. The summed E-state index contributed by atoms with van der Waals surface area (Å²) in [6, 6.07) is 6.63. The summed E-state index contributed by atoms with van der Waals surface area (Å²) in [4.78, 5) is 28.0. The largest absolute Gasteiger partial charge is 0.338 e. The SMILES string of the molecule is CC(C)C(=O)N(CCN1C(=O)CS[C@H]1c1ccccc1F)C(C)C. The molecule has 0 bridgehead atoms. The summed E-state index contributed by atoms with van der Waals surface area (Å²) >= 11 is 1.43. The molecule has 2 amide bonds. The maximum absolute atomic E-state index is 14.1. The predicted molar refractivity (Wildman–Crippen MR) is 95.0 cm³/mol. The molecule has 1 fully saturated rings. The second-order valence-electron chi connectivity index (χ2n) is 6.55. The van der Waals surface area contributed by atoms with Crippen LogP contribution in [0.25, 0.3) is 0 Å². The van der Waals surface area contributed by atoms with Crippen LogP contribution in [0, 0.1) is 11.7 Å². The van der Waals surface area contributed by atoms with Gasteiger partial charge in [0.25, 0.3) is 0 Å². The molecule has 4 nitrogen and oxygen atoms in total. The zero-order chi connectivity index (χ0) is 17.9. The number of amides is 2. The Labute approximate surface area is 147 Å². The van der Waals surface area contributed by atoms with Gasteiger partial charge in [0.1, 0.15) is 11.2 Å². The molecule has 0 radical (unpaired) electrons. The van der Waals surface area contributed by atoms with Crippen molar-refractivity contribution >= 4 is 23.6 Å². The third-order valence-electron chi connectivity index (χ3n) is 4.12. The van der Waals surface area contributed by atoms with Gasteiger partial charge in [0.05, 0.1) is 5.75 Å². The molecule has 6 heteroatoms. The molecule has 1 heterocycles. The molecule has 1 aliphatic rings. The van der Waals surface area contributed by atoms with Crippen molar-refractivity contribution in [2.75, 3.05) is 18.8 Å². The Morgan fingerprint density at radius 3 is 2.58 bits per heavy atom. The van der Waals surface area contributed by atoms with E-state index in [0.717, 1.165) is 0 Å². The van der Waals surface area contributed by atoms with E-state index < -0.39 is 0 Å². The van der Waals surface area contributed by atoms with Crippen LogP contribution < -0.4 is 0 Å². The van der Waals surface area contributed by atoms with Gasteiger partial charge < -0.3 is 9.80 Å². The van der Waals surface area contributed by atoms with E-state index in [2.05, 4.69) is 0 Å². The summed E-state index contributed by atoms with van der Waals surface area (Å²) in [7, 11) is 0. The fourth-order valence-corrected chi connectivity index (χ4v) is 4.04. The first-order chi connectivity index (χ1) is 11.3. The molecule has 2 rings (SSSR count). The van der Waals surface area contributed by atoms with Gasteiger partial charge >= 0.3 is 0 Å². The van der Waals surface area contributed by atoms with Crippen LogP contribution in [-0.2, 0) is 9.59 Å². The van der Waals surface area contributed by atoms with Gasteiger partial charge in [0.2, 0.25) is 11.8 Å². The van der Waals surface area contributed by atoms with Gasteiger partial charge in [0, 0.05) is 30.6 Å². The van der Waals surface area contributed by atoms with Crippen LogP contribution in [0.2, 0.25) is 0 Å². The van der Waals surface area contributed by atoms with Gasteiger partial charge in [-0.15, -0.1) is 11.8 Å². The van der Waals surface area contributed by atoms with E-state index in [1.807, 2.05) is 27.7 Å². The van der Waals surface area contributed by atoms with Crippen molar-refractivity contribution in [3.05, 3.63) is 35.6 Å². The molecule has 24 heavy (non-hydrogen) atoms. The molecule has 1 aromatic carbocycles. The van der Waals surface area contributed by atoms with E-state index in [1.54, 1.807) is 28.0 Å². The van der Waals surface area contributed by atoms with E-state index in [9.17, 15) is 14.0 Å². The summed E-state index contributed by atoms with van der Waals surface area (Å²) in [6.07, 6.45) is 0. The van der Waals surface area contributed by atoms with Crippen LogP contribution >= 0.6 is 11.8 Å². The first kappa shape index (κ1) is 18.8. The number of thioether (sulfide) groups is 1. The molecular formula is C18H25FN2O2S. The molecule has 0 N–H and O–H groups in total. The topological polar surface area (TPSA) is 40.6 Å². The third-order valence-corrected chi connectivity index (χ3v) is 5.36. The first-order valence-electron chi connectivity index (χ1n) is 8.29. The lowest BCUT2D eigenvalue weighted by molar-refractivity contribution is -0.138. The van der Waals surface area contributed by atoms with Crippen LogP contribution in [0.4, 0.5) is 4.39 Å². The van der Waals surface area contributed by atoms with E-state index in [4.69, 9.17) is 0 Å². The number of hydrogen-bond acceptors (Lipinski definition) is 3. The lowest BCUT2D eigenvalue weighted by Gasteiger charge is -2.32. The highest BCUT2D eigenvalue weighted by Gasteiger charge is 2.34. The van der Waals surface area contributed by atoms with Crippen LogP contribution in [0.3, 0.4) is 0 Å². The molecule has 132 valence electrons. The van der Waals surface area contributed by atoms with Gasteiger partial charge in [-0.25, -0.2) is 4.39 Å². The normalized spacial score (nSPS) is 17.9. The van der Waals surface area contributed by atoms with Gasteiger partial charge in [-0.3, -0.25) is 9.59 Å². The zero-order valence-electron chi connectivity index (χ0n) is 14.7. The van der Waals surface area contributed by atoms with Crippen LogP contribution in [0.5, 0.6) is 0 Å². The predicted octanol–water partition coefficient (Wildman–Crippen LogP) is 3.29. The summed E-state index contributed by atoms with van der Waals surface area (Å²) in [5, 5.41) is -0.318. The molecule has 0 unspecified atom stereocenters. The summed E-state index contributed by atoms with van der Waals surface area (Å²) in [6.45, 7) is 8.56. The summed E-state index contributed by atoms with van der Waals surface area (Å²) in [5.74, 6) is 0.0338. The van der Waals surface area contributed by atoms with E-state index in [1.165, 1.54) is 17.8 Å². The van der Waals surface area contributed by atoms with Crippen molar-refractivity contribution in [3.63, 3.8) is 0 Å². The minimum atomic E-state index is -0.318. The molecule has 0 aromatic heterocycles. The Bertz CT molecular complexity index is 606.